The molecule has 10 heteroatoms. The number of carbonyl (C=O) groups excluding carboxylic acids is 2. The number of nitrogens with one attached hydrogen (secondary N) is 2. The first kappa shape index (κ1) is 25.2. The van der Waals surface area contributed by atoms with Crippen molar-refractivity contribution in [2.45, 2.75) is 39.2 Å². The number of anilines is 1. The lowest BCUT2D eigenvalue weighted by Gasteiger charge is -2.29. The maximum Gasteiger partial charge on any atom is 0.270 e. The van der Waals surface area contributed by atoms with Gasteiger partial charge in [-0.15, -0.1) is 0 Å². The van der Waals surface area contributed by atoms with Crippen LogP contribution in [0.15, 0.2) is 47.6 Å². The third-order valence-electron chi connectivity index (χ3n) is 5.65. The number of piperidine rings is 1. The molecule has 1 fully saturated rings. The van der Waals surface area contributed by atoms with Crippen molar-refractivity contribution in [3.63, 3.8) is 0 Å². The molecule has 2 aromatic rings. The van der Waals surface area contributed by atoms with E-state index in [0.29, 0.717) is 5.56 Å². The van der Waals surface area contributed by atoms with Gasteiger partial charge in [0.1, 0.15) is 6.04 Å². The van der Waals surface area contributed by atoms with Crippen LogP contribution in [-0.4, -0.2) is 42.1 Å². The third kappa shape index (κ3) is 6.32. The van der Waals surface area contributed by atoms with Crippen molar-refractivity contribution in [3.8, 4) is 0 Å². The number of benzene rings is 2. The van der Waals surface area contributed by atoms with Gasteiger partial charge in [0.25, 0.3) is 17.5 Å². The summed E-state index contributed by atoms with van der Waals surface area (Å²) in [6, 6.07) is 10.4. The summed E-state index contributed by atoms with van der Waals surface area (Å²) in [4.78, 5) is 38.4. The monoisotopic (exact) mass is 485 g/mol. The van der Waals surface area contributed by atoms with E-state index in [4.69, 9.17) is 11.6 Å². The number of nitrogens with zero attached hydrogens (tertiary/aromatic N) is 3. The molecule has 1 saturated heterocycles. The summed E-state index contributed by atoms with van der Waals surface area (Å²) in [5, 5.41) is 18.3. The lowest BCUT2D eigenvalue weighted by atomic mass is 10.0. The zero-order valence-electron chi connectivity index (χ0n) is 19.2. The van der Waals surface area contributed by atoms with Gasteiger partial charge in [0.2, 0.25) is 0 Å². The minimum absolute atomic E-state index is 0.0550. The van der Waals surface area contributed by atoms with Crippen LogP contribution in [0.5, 0.6) is 0 Å². The molecule has 0 spiro atoms. The topological polar surface area (TPSA) is 117 Å². The maximum absolute atomic E-state index is 12.8. The molecule has 0 aromatic heterocycles. The van der Waals surface area contributed by atoms with Gasteiger partial charge < -0.3 is 10.2 Å². The van der Waals surface area contributed by atoms with Crippen molar-refractivity contribution >= 4 is 41.0 Å². The maximum atomic E-state index is 12.8. The van der Waals surface area contributed by atoms with Gasteiger partial charge in [0.05, 0.1) is 21.7 Å². The number of non-ortho nitro benzene ring substituents is 1. The van der Waals surface area contributed by atoms with Crippen molar-refractivity contribution in [1.82, 2.24) is 10.7 Å². The highest BCUT2D eigenvalue weighted by atomic mass is 35.5. The van der Waals surface area contributed by atoms with E-state index in [0.717, 1.165) is 38.0 Å². The smallest absolute Gasteiger partial charge is 0.270 e. The standard InChI is InChI=1S/C24H28ClN5O4/c1-16(2)22(27-23(31)19-8-4-5-9-20(19)25)24(32)28-26-15-17-14-18(30(33)34)10-11-21(17)29-12-6-3-7-13-29/h4-5,8-11,14-16,22H,3,6-7,12-13H2,1-2H3,(H,27,31)(H,28,32). The summed E-state index contributed by atoms with van der Waals surface area (Å²) in [6.07, 6.45) is 4.65. The van der Waals surface area contributed by atoms with E-state index >= 15 is 0 Å². The Morgan fingerprint density at radius 3 is 2.50 bits per heavy atom. The second kappa shape index (κ2) is 11.6. The SMILES string of the molecule is CC(C)C(NC(=O)c1ccccc1Cl)C(=O)NN=Cc1cc([N+](=O)[O-])ccc1N1CCCCC1. The molecule has 0 saturated carbocycles. The largest absolute Gasteiger partial charge is 0.371 e. The Labute approximate surface area is 203 Å². The molecule has 2 aromatic carbocycles. The second-order valence-electron chi connectivity index (χ2n) is 8.46. The van der Waals surface area contributed by atoms with Gasteiger partial charge >= 0.3 is 0 Å². The minimum atomic E-state index is -0.854. The van der Waals surface area contributed by atoms with Gasteiger partial charge in [-0.3, -0.25) is 19.7 Å². The van der Waals surface area contributed by atoms with E-state index < -0.39 is 22.8 Å². The number of nitro benzene ring substituents is 1. The summed E-state index contributed by atoms with van der Waals surface area (Å²) in [5.41, 5.74) is 4.04. The van der Waals surface area contributed by atoms with Crippen LogP contribution in [0.3, 0.4) is 0 Å². The first-order valence-corrected chi connectivity index (χ1v) is 11.6. The predicted octanol–water partition coefficient (Wildman–Crippen LogP) is 4.14. The lowest BCUT2D eigenvalue weighted by molar-refractivity contribution is -0.384. The van der Waals surface area contributed by atoms with Gasteiger partial charge in [0.15, 0.2) is 0 Å². The molecule has 1 aliphatic rings. The third-order valence-corrected chi connectivity index (χ3v) is 5.98. The zero-order valence-corrected chi connectivity index (χ0v) is 19.9. The quantitative estimate of drug-likeness (QED) is 0.331. The van der Waals surface area contributed by atoms with E-state index in [9.17, 15) is 19.7 Å². The Morgan fingerprint density at radius 2 is 1.85 bits per heavy atom. The molecule has 2 amide bonds. The fourth-order valence-corrected chi connectivity index (χ4v) is 4.04. The van der Waals surface area contributed by atoms with E-state index in [1.807, 2.05) is 0 Å². The Kier molecular flexibility index (Phi) is 8.59. The van der Waals surface area contributed by atoms with Crippen LogP contribution >= 0.6 is 11.6 Å². The number of hydrogen-bond acceptors (Lipinski definition) is 6. The Morgan fingerprint density at radius 1 is 1.15 bits per heavy atom. The van der Waals surface area contributed by atoms with Crippen molar-refractivity contribution in [3.05, 3.63) is 68.7 Å². The van der Waals surface area contributed by atoms with Crippen molar-refractivity contribution in [1.29, 1.82) is 0 Å². The highest BCUT2D eigenvalue weighted by Gasteiger charge is 2.25. The summed E-state index contributed by atoms with van der Waals surface area (Å²) >= 11 is 6.09. The van der Waals surface area contributed by atoms with Gasteiger partial charge in [0, 0.05) is 36.5 Å². The lowest BCUT2D eigenvalue weighted by Crippen LogP contribution is -2.48. The van der Waals surface area contributed by atoms with Crippen molar-refractivity contribution < 1.29 is 14.5 Å². The molecule has 2 N–H and O–H groups in total. The molecule has 180 valence electrons. The molecular formula is C24H28ClN5O4. The molecular weight excluding hydrogens is 458 g/mol. The van der Waals surface area contributed by atoms with Gasteiger partial charge in [-0.05, 0) is 43.4 Å². The average Bonchev–Trinajstić information content (AvgIpc) is 2.82. The van der Waals surface area contributed by atoms with E-state index in [1.54, 1.807) is 44.2 Å². The Balaban J connectivity index is 1.75. The molecule has 1 heterocycles. The van der Waals surface area contributed by atoms with Crippen LogP contribution in [0.1, 0.15) is 49.0 Å². The van der Waals surface area contributed by atoms with E-state index in [1.165, 1.54) is 18.3 Å². The summed E-state index contributed by atoms with van der Waals surface area (Å²) in [7, 11) is 0. The molecule has 34 heavy (non-hydrogen) atoms. The summed E-state index contributed by atoms with van der Waals surface area (Å²) in [6.45, 7) is 5.31. The Hall–Kier alpha value is -3.46. The molecule has 1 aliphatic heterocycles. The normalized spacial score (nSPS) is 14.8. The zero-order chi connectivity index (χ0) is 24.7. The molecule has 1 unspecified atom stereocenters. The highest BCUT2D eigenvalue weighted by Crippen LogP contribution is 2.27. The first-order valence-electron chi connectivity index (χ1n) is 11.2. The van der Waals surface area contributed by atoms with Gasteiger partial charge in [-0.2, -0.15) is 5.10 Å². The molecule has 0 bridgehead atoms. The number of hydrogen-bond donors (Lipinski definition) is 2. The number of amides is 2. The van der Waals surface area contributed by atoms with Crippen LogP contribution in [-0.2, 0) is 4.79 Å². The van der Waals surface area contributed by atoms with Crippen LogP contribution in [0, 0.1) is 16.0 Å². The fourth-order valence-electron chi connectivity index (χ4n) is 3.82. The van der Waals surface area contributed by atoms with Crippen LogP contribution in [0.4, 0.5) is 11.4 Å². The Bertz CT molecular complexity index is 1080. The molecule has 0 aliphatic carbocycles. The number of halogens is 1. The minimum Gasteiger partial charge on any atom is -0.371 e. The highest BCUT2D eigenvalue weighted by molar-refractivity contribution is 6.33. The van der Waals surface area contributed by atoms with Gasteiger partial charge in [-0.25, -0.2) is 5.43 Å². The van der Waals surface area contributed by atoms with Crippen LogP contribution in [0.25, 0.3) is 0 Å². The van der Waals surface area contributed by atoms with Gasteiger partial charge in [-0.1, -0.05) is 37.6 Å². The molecule has 1 atom stereocenters. The van der Waals surface area contributed by atoms with E-state index in [-0.39, 0.29) is 22.2 Å². The summed E-state index contributed by atoms with van der Waals surface area (Å²) in [5.74, 6) is -1.19. The second-order valence-corrected chi connectivity index (χ2v) is 8.86. The van der Waals surface area contributed by atoms with E-state index in [2.05, 4.69) is 20.7 Å². The predicted molar refractivity (Wildman–Crippen MR) is 132 cm³/mol. The fraction of sp³-hybridized carbons (Fsp3) is 0.375. The molecule has 3 rings (SSSR count). The average molecular weight is 486 g/mol. The van der Waals surface area contributed by atoms with Crippen molar-refractivity contribution in [2.24, 2.45) is 11.0 Å². The number of nitro groups is 1. The number of hydrazone groups is 1. The molecule has 9 nitrogen and oxygen atoms in total. The first-order chi connectivity index (χ1) is 16.3. The number of carbonyl (C=O) groups is 2. The van der Waals surface area contributed by atoms with Crippen molar-refractivity contribution in [2.75, 3.05) is 18.0 Å². The van der Waals surface area contributed by atoms with Crippen LogP contribution in [0.2, 0.25) is 5.02 Å². The summed E-state index contributed by atoms with van der Waals surface area (Å²) < 4.78 is 0. The molecule has 0 radical (unpaired) electrons. The number of rotatable bonds is 8. The van der Waals surface area contributed by atoms with Crippen LogP contribution < -0.4 is 15.6 Å².